The number of rotatable bonds is 3. The van der Waals surface area contributed by atoms with E-state index in [-0.39, 0.29) is 10.8 Å². The minimum atomic E-state index is -0.0335. The Morgan fingerprint density at radius 1 is 0.750 bits per heavy atom. The first-order chi connectivity index (χ1) is 15.1. The zero-order valence-corrected chi connectivity index (χ0v) is 20.8. The average molecular weight is 427 g/mol. The molecule has 2 aliphatic rings. The van der Waals surface area contributed by atoms with Crippen molar-refractivity contribution in [1.82, 2.24) is 0 Å². The fourth-order valence-electron chi connectivity index (χ4n) is 5.26. The number of anilines is 2. The molecule has 2 aromatic carbocycles. The van der Waals surface area contributed by atoms with Crippen LogP contribution in [0.15, 0.2) is 84.2 Å². The van der Waals surface area contributed by atoms with Gasteiger partial charge in [0.15, 0.2) is 0 Å². The Morgan fingerprint density at radius 3 is 1.72 bits per heavy atom. The Labute approximate surface area is 193 Å². The van der Waals surface area contributed by atoms with Crippen molar-refractivity contribution >= 4 is 17.1 Å². The summed E-state index contributed by atoms with van der Waals surface area (Å²) in [5.74, 6) is 0. The van der Waals surface area contributed by atoms with Crippen molar-refractivity contribution in [3.05, 3.63) is 95.4 Å². The van der Waals surface area contributed by atoms with E-state index in [1.807, 2.05) is 0 Å². The fourth-order valence-corrected chi connectivity index (χ4v) is 5.26. The molecule has 2 aromatic rings. The molecule has 0 radical (unpaired) electrons. The van der Waals surface area contributed by atoms with Gasteiger partial charge in [0.05, 0.1) is 0 Å². The quantitative estimate of drug-likeness (QED) is 0.448. The van der Waals surface area contributed by atoms with Gasteiger partial charge in [-0.1, -0.05) is 70.2 Å². The molecular formula is C29H36N3+. The highest BCUT2D eigenvalue weighted by Crippen LogP contribution is 2.47. The van der Waals surface area contributed by atoms with Crippen LogP contribution >= 0.6 is 0 Å². The lowest BCUT2D eigenvalue weighted by molar-refractivity contribution is -0.462. The molecular weight excluding hydrogens is 390 g/mol. The van der Waals surface area contributed by atoms with Crippen LogP contribution in [0, 0.1) is 0 Å². The van der Waals surface area contributed by atoms with Gasteiger partial charge in [0.1, 0.15) is 14.1 Å². The zero-order valence-electron chi connectivity index (χ0n) is 20.8. The predicted octanol–water partition coefficient (Wildman–Crippen LogP) is 5.88. The van der Waals surface area contributed by atoms with Gasteiger partial charge < -0.3 is 9.80 Å². The first-order valence-electron chi connectivity index (χ1n) is 11.4. The largest absolute Gasteiger partial charge is 0.347 e. The molecule has 0 unspecified atom stereocenters. The maximum atomic E-state index is 2.33. The van der Waals surface area contributed by atoms with Crippen molar-refractivity contribution in [3.63, 3.8) is 0 Å². The van der Waals surface area contributed by atoms with E-state index >= 15 is 0 Å². The highest BCUT2D eigenvalue weighted by atomic mass is 15.2. The van der Waals surface area contributed by atoms with E-state index in [0.717, 1.165) is 0 Å². The first-order valence-corrected chi connectivity index (χ1v) is 11.4. The van der Waals surface area contributed by atoms with Gasteiger partial charge in [-0.25, -0.2) is 4.58 Å². The summed E-state index contributed by atoms with van der Waals surface area (Å²) in [6, 6.07) is 17.4. The van der Waals surface area contributed by atoms with Gasteiger partial charge in [-0.3, -0.25) is 0 Å². The zero-order chi connectivity index (χ0) is 23.3. The number of hydrogen-bond donors (Lipinski definition) is 0. The summed E-state index contributed by atoms with van der Waals surface area (Å²) in [5.41, 5.74) is 9.11. The summed E-state index contributed by atoms with van der Waals surface area (Å²) in [4.78, 5) is 4.65. The number of allylic oxidation sites excluding steroid dienone is 6. The molecule has 0 saturated heterocycles. The van der Waals surface area contributed by atoms with Gasteiger partial charge in [0, 0.05) is 59.8 Å². The minimum Gasteiger partial charge on any atom is -0.347 e. The third-order valence-electron chi connectivity index (χ3n) is 7.20. The molecule has 3 nitrogen and oxygen atoms in total. The number of fused-ring (bicyclic) bond motifs is 2. The van der Waals surface area contributed by atoms with Crippen LogP contribution in [-0.2, 0) is 10.8 Å². The van der Waals surface area contributed by atoms with Gasteiger partial charge in [-0.15, -0.1) is 0 Å². The molecule has 0 fully saturated rings. The summed E-state index contributed by atoms with van der Waals surface area (Å²) in [6.07, 6.45) is 9.01. The van der Waals surface area contributed by atoms with Crippen LogP contribution < -0.4 is 9.80 Å². The van der Waals surface area contributed by atoms with Crippen molar-refractivity contribution in [1.29, 1.82) is 0 Å². The summed E-state index contributed by atoms with van der Waals surface area (Å²) in [5, 5.41) is 0. The van der Waals surface area contributed by atoms with E-state index in [2.05, 4.69) is 143 Å². The highest BCUT2D eigenvalue weighted by Gasteiger charge is 2.39. The molecule has 0 aromatic heterocycles. The van der Waals surface area contributed by atoms with Gasteiger partial charge in [0.2, 0.25) is 5.71 Å². The summed E-state index contributed by atoms with van der Waals surface area (Å²) < 4.78 is 2.19. The SMILES string of the molecule is CN1/C(=C/C=C/C(/C=C2/N(C)c3ccccc3C2(C)C)=[N+](C)C)C(C)(C)c2ccccc21. The summed E-state index contributed by atoms with van der Waals surface area (Å²) in [6.45, 7) is 9.24. The Hall–Kier alpha value is -3.07. The Morgan fingerprint density at radius 2 is 1.22 bits per heavy atom. The fraction of sp³-hybridized carbons (Fsp3) is 0.345. The lowest BCUT2D eigenvalue weighted by Crippen LogP contribution is -2.25. The second-order valence-corrected chi connectivity index (χ2v) is 10.2. The van der Waals surface area contributed by atoms with E-state index in [1.54, 1.807) is 0 Å². The second-order valence-electron chi connectivity index (χ2n) is 10.2. The lowest BCUT2D eigenvalue weighted by Gasteiger charge is -2.24. The monoisotopic (exact) mass is 426 g/mol. The normalized spacial score (nSPS) is 20.9. The third-order valence-corrected chi connectivity index (χ3v) is 7.20. The first kappa shape index (κ1) is 22.1. The van der Waals surface area contributed by atoms with Gasteiger partial charge in [0.25, 0.3) is 0 Å². The predicted molar refractivity (Wildman–Crippen MR) is 138 cm³/mol. The highest BCUT2D eigenvalue weighted by molar-refractivity contribution is 6.02. The van der Waals surface area contributed by atoms with E-state index < -0.39 is 0 Å². The summed E-state index contributed by atoms with van der Waals surface area (Å²) >= 11 is 0. The number of likely N-dealkylation sites (N-methyl/N-ethyl adjacent to an activating group) is 2. The van der Waals surface area contributed by atoms with Gasteiger partial charge >= 0.3 is 0 Å². The molecule has 0 spiro atoms. The Balaban J connectivity index is 1.68. The number of benzene rings is 2. The molecule has 0 bridgehead atoms. The molecule has 2 aliphatic heterocycles. The van der Waals surface area contributed by atoms with Crippen molar-refractivity contribution in [2.24, 2.45) is 0 Å². The standard InChI is InChI=1S/C29H36N3/c1-28(2)22-15-9-11-17-24(22)31(7)26(28)19-13-14-21(30(5)6)20-27-29(3,4)23-16-10-12-18-25(23)32(27)8/h9-20H,1-8H3/q+1. The topological polar surface area (TPSA) is 9.49 Å². The van der Waals surface area contributed by atoms with Crippen molar-refractivity contribution < 1.29 is 4.58 Å². The van der Waals surface area contributed by atoms with Crippen molar-refractivity contribution in [2.75, 3.05) is 38.0 Å². The van der Waals surface area contributed by atoms with Crippen molar-refractivity contribution in [2.45, 2.75) is 38.5 Å². The third kappa shape index (κ3) is 3.40. The molecule has 0 N–H and O–H groups in total. The summed E-state index contributed by atoms with van der Waals surface area (Å²) in [7, 11) is 8.56. The maximum absolute atomic E-state index is 2.33. The van der Waals surface area contributed by atoms with Crippen LogP contribution in [0.25, 0.3) is 0 Å². The molecule has 0 saturated carbocycles. The van der Waals surface area contributed by atoms with E-state index in [9.17, 15) is 0 Å². The molecule has 0 aliphatic carbocycles. The van der Waals surface area contributed by atoms with E-state index in [4.69, 9.17) is 0 Å². The number of para-hydroxylation sites is 2. The molecule has 32 heavy (non-hydrogen) atoms. The van der Waals surface area contributed by atoms with Crippen LogP contribution in [0.1, 0.15) is 38.8 Å². The smallest absolute Gasteiger partial charge is 0.201 e. The maximum Gasteiger partial charge on any atom is 0.201 e. The minimum absolute atomic E-state index is 0.0122. The molecule has 3 heteroatoms. The van der Waals surface area contributed by atoms with Crippen LogP contribution in [0.3, 0.4) is 0 Å². The molecule has 0 atom stereocenters. The Kier molecular flexibility index (Phi) is 5.40. The van der Waals surface area contributed by atoms with Crippen LogP contribution in [-0.4, -0.2) is 38.5 Å². The molecule has 0 amide bonds. The van der Waals surface area contributed by atoms with Gasteiger partial charge in [-0.05, 0) is 29.3 Å². The number of nitrogens with zero attached hydrogens (tertiary/aromatic N) is 3. The van der Waals surface area contributed by atoms with Crippen LogP contribution in [0.4, 0.5) is 11.4 Å². The molecule has 4 rings (SSSR count). The average Bonchev–Trinajstić information content (AvgIpc) is 3.07. The van der Waals surface area contributed by atoms with Crippen molar-refractivity contribution in [3.8, 4) is 0 Å². The lowest BCUT2D eigenvalue weighted by atomic mass is 9.83. The van der Waals surface area contributed by atoms with Crippen LogP contribution in [0.5, 0.6) is 0 Å². The van der Waals surface area contributed by atoms with E-state index in [1.165, 1.54) is 39.6 Å². The molecule has 166 valence electrons. The van der Waals surface area contributed by atoms with E-state index in [0.29, 0.717) is 0 Å². The Bertz CT molecular complexity index is 1170. The number of hydrogen-bond acceptors (Lipinski definition) is 2. The van der Waals surface area contributed by atoms with Gasteiger partial charge in [-0.2, -0.15) is 0 Å². The second kappa shape index (κ2) is 7.81. The van der Waals surface area contributed by atoms with Crippen LogP contribution in [0.2, 0.25) is 0 Å². The molecule has 2 heterocycles.